The van der Waals surface area contributed by atoms with Crippen molar-refractivity contribution in [2.24, 2.45) is 0 Å². The van der Waals surface area contributed by atoms with Crippen molar-refractivity contribution < 1.29 is 48.1 Å². The number of ether oxygens (including phenoxy) is 8. The standard InChI is InChI=1S/C24H32O10/c25-19-1-3-21-23(17-19)33-15-11-29-7-8-30-12-16-34-24-18-20(26)2-4-22(24)32-14-10-28-6-5-27-9-13-31-21/h1-4,17-18,25-26H,5-16H2. The van der Waals surface area contributed by atoms with Crippen LogP contribution >= 0.6 is 0 Å². The van der Waals surface area contributed by atoms with Gasteiger partial charge < -0.3 is 48.1 Å². The van der Waals surface area contributed by atoms with E-state index < -0.39 is 0 Å². The Morgan fingerprint density at radius 3 is 1.03 bits per heavy atom. The first-order valence-electron chi connectivity index (χ1n) is 11.2. The molecule has 0 aliphatic carbocycles. The van der Waals surface area contributed by atoms with Crippen molar-refractivity contribution in [3.05, 3.63) is 36.4 Å². The second-order valence-electron chi connectivity index (χ2n) is 7.11. The highest BCUT2D eigenvalue weighted by molar-refractivity contribution is 5.45. The lowest BCUT2D eigenvalue weighted by atomic mass is 10.3. The molecule has 0 aromatic heterocycles. The molecular weight excluding hydrogens is 448 g/mol. The van der Waals surface area contributed by atoms with Gasteiger partial charge in [0.25, 0.3) is 0 Å². The SMILES string of the molecule is Oc1ccc2c(c1)OCCOCCOCCOc1cc(O)ccc1OCCOCCOCCO2. The molecule has 1 aliphatic rings. The quantitative estimate of drug-likeness (QED) is 0.583. The number of phenols is 2. The summed E-state index contributed by atoms with van der Waals surface area (Å²) in [6, 6.07) is 9.36. The minimum Gasteiger partial charge on any atom is -0.508 e. The fourth-order valence-electron chi connectivity index (χ4n) is 2.94. The van der Waals surface area contributed by atoms with Gasteiger partial charge in [0.1, 0.15) is 37.9 Å². The Morgan fingerprint density at radius 1 is 0.382 bits per heavy atom. The number of phenolic OH excluding ortho intramolecular Hbond substituents is 2. The summed E-state index contributed by atoms with van der Waals surface area (Å²) in [6.07, 6.45) is 0. The zero-order chi connectivity index (χ0) is 23.8. The smallest absolute Gasteiger partial charge is 0.164 e. The van der Waals surface area contributed by atoms with Crippen molar-refractivity contribution in [1.29, 1.82) is 0 Å². The molecule has 0 radical (unpaired) electrons. The minimum atomic E-state index is 0.0854. The first kappa shape index (κ1) is 25.7. The third-order valence-corrected chi connectivity index (χ3v) is 4.54. The zero-order valence-electron chi connectivity index (χ0n) is 19.1. The number of rotatable bonds is 0. The number of fused-ring (bicyclic) bond motifs is 2. The van der Waals surface area contributed by atoms with E-state index in [9.17, 15) is 10.2 Å². The summed E-state index contributed by atoms with van der Waals surface area (Å²) in [5, 5.41) is 19.5. The highest BCUT2D eigenvalue weighted by atomic mass is 16.6. The summed E-state index contributed by atoms with van der Waals surface area (Å²) in [7, 11) is 0. The lowest BCUT2D eigenvalue weighted by Gasteiger charge is -2.15. The molecule has 2 N–H and O–H groups in total. The van der Waals surface area contributed by atoms with Crippen molar-refractivity contribution in [3.63, 3.8) is 0 Å². The van der Waals surface area contributed by atoms with Gasteiger partial charge in [-0.2, -0.15) is 0 Å². The summed E-state index contributed by atoms with van der Waals surface area (Å²) < 4.78 is 44.8. The van der Waals surface area contributed by atoms with Crippen LogP contribution in [-0.2, 0) is 18.9 Å². The van der Waals surface area contributed by atoms with Crippen LogP contribution in [0.5, 0.6) is 34.5 Å². The van der Waals surface area contributed by atoms with Crippen LogP contribution in [0, 0.1) is 0 Å². The maximum atomic E-state index is 9.73. The molecule has 0 bridgehead atoms. The van der Waals surface area contributed by atoms with Crippen molar-refractivity contribution in [3.8, 4) is 34.5 Å². The lowest BCUT2D eigenvalue weighted by Crippen LogP contribution is -2.15. The summed E-state index contributed by atoms with van der Waals surface area (Å²) >= 11 is 0. The van der Waals surface area contributed by atoms with Crippen molar-refractivity contribution in [2.45, 2.75) is 0 Å². The van der Waals surface area contributed by atoms with E-state index in [0.717, 1.165) is 0 Å². The molecule has 0 saturated heterocycles. The molecule has 0 spiro atoms. The summed E-state index contributed by atoms with van der Waals surface area (Å²) in [5.74, 6) is 2.06. The summed E-state index contributed by atoms with van der Waals surface area (Å²) in [6.45, 7) is 4.27. The Hall–Kier alpha value is -2.92. The molecule has 10 heteroatoms. The highest BCUT2D eigenvalue weighted by Crippen LogP contribution is 2.32. The molecule has 34 heavy (non-hydrogen) atoms. The van der Waals surface area contributed by atoms with E-state index in [2.05, 4.69) is 0 Å². The van der Waals surface area contributed by atoms with E-state index in [1.54, 1.807) is 12.1 Å². The van der Waals surface area contributed by atoms with E-state index in [-0.39, 0.29) is 24.7 Å². The summed E-state index contributed by atoms with van der Waals surface area (Å²) in [4.78, 5) is 0. The van der Waals surface area contributed by atoms with Gasteiger partial charge in [-0.3, -0.25) is 0 Å². The van der Waals surface area contributed by atoms with E-state index in [1.165, 1.54) is 24.3 Å². The average molecular weight is 481 g/mol. The predicted octanol–water partition coefficient (Wildman–Crippen LogP) is 2.39. The molecule has 188 valence electrons. The van der Waals surface area contributed by atoms with Gasteiger partial charge in [-0.1, -0.05) is 0 Å². The molecule has 0 fully saturated rings. The molecule has 1 heterocycles. The normalized spacial score (nSPS) is 17.9. The van der Waals surface area contributed by atoms with Crippen LogP contribution in [0.1, 0.15) is 0 Å². The largest absolute Gasteiger partial charge is 0.508 e. The fraction of sp³-hybridized carbons (Fsp3) is 0.500. The van der Waals surface area contributed by atoms with Gasteiger partial charge in [0, 0.05) is 12.1 Å². The van der Waals surface area contributed by atoms with Crippen LogP contribution in [0.3, 0.4) is 0 Å². The van der Waals surface area contributed by atoms with Gasteiger partial charge in [-0.05, 0) is 24.3 Å². The maximum Gasteiger partial charge on any atom is 0.164 e. The van der Waals surface area contributed by atoms with Crippen LogP contribution in [0.25, 0.3) is 0 Å². The monoisotopic (exact) mass is 480 g/mol. The Labute approximate surface area is 198 Å². The van der Waals surface area contributed by atoms with Crippen LogP contribution in [0.2, 0.25) is 0 Å². The third kappa shape index (κ3) is 9.52. The number of benzene rings is 2. The van der Waals surface area contributed by atoms with Crippen LogP contribution in [0.15, 0.2) is 36.4 Å². The van der Waals surface area contributed by atoms with Gasteiger partial charge in [-0.25, -0.2) is 0 Å². The van der Waals surface area contributed by atoms with Gasteiger partial charge >= 0.3 is 0 Å². The van der Waals surface area contributed by atoms with Crippen LogP contribution < -0.4 is 18.9 Å². The predicted molar refractivity (Wildman–Crippen MR) is 121 cm³/mol. The van der Waals surface area contributed by atoms with Gasteiger partial charge in [0.2, 0.25) is 0 Å². The minimum absolute atomic E-state index is 0.0854. The molecule has 1 aliphatic heterocycles. The Balaban J connectivity index is 1.48. The van der Waals surface area contributed by atoms with Crippen molar-refractivity contribution in [1.82, 2.24) is 0 Å². The van der Waals surface area contributed by atoms with Crippen LogP contribution in [-0.4, -0.2) is 89.5 Å². The molecule has 0 amide bonds. The van der Waals surface area contributed by atoms with E-state index >= 15 is 0 Å². The van der Waals surface area contributed by atoms with Gasteiger partial charge in [-0.15, -0.1) is 0 Å². The number of hydrogen-bond donors (Lipinski definition) is 2. The maximum absolute atomic E-state index is 9.73. The van der Waals surface area contributed by atoms with E-state index in [1.807, 2.05) is 0 Å². The molecule has 0 saturated carbocycles. The second-order valence-corrected chi connectivity index (χ2v) is 7.11. The first-order valence-corrected chi connectivity index (χ1v) is 11.2. The average Bonchev–Trinajstić information content (AvgIpc) is 2.83. The Kier molecular flexibility index (Phi) is 11.4. The second kappa shape index (κ2) is 15.1. The molecule has 10 nitrogen and oxygen atoms in total. The molecule has 2 aromatic carbocycles. The van der Waals surface area contributed by atoms with Gasteiger partial charge in [0.15, 0.2) is 23.0 Å². The molecule has 0 unspecified atom stereocenters. The van der Waals surface area contributed by atoms with E-state index in [0.29, 0.717) is 89.1 Å². The number of hydrogen-bond acceptors (Lipinski definition) is 10. The molecular formula is C24H32O10. The number of aromatic hydroxyl groups is 2. The zero-order valence-corrected chi connectivity index (χ0v) is 19.1. The fourth-order valence-corrected chi connectivity index (χ4v) is 2.94. The third-order valence-electron chi connectivity index (χ3n) is 4.54. The molecule has 3 rings (SSSR count). The van der Waals surface area contributed by atoms with E-state index in [4.69, 9.17) is 37.9 Å². The first-order chi connectivity index (χ1) is 16.7. The molecule has 2 aromatic rings. The highest BCUT2D eigenvalue weighted by Gasteiger charge is 2.09. The van der Waals surface area contributed by atoms with Crippen LogP contribution in [0.4, 0.5) is 0 Å². The van der Waals surface area contributed by atoms with Gasteiger partial charge in [0.05, 0.1) is 52.9 Å². The van der Waals surface area contributed by atoms with Crippen molar-refractivity contribution >= 4 is 0 Å². The summed E-state index contributed by atoms with van der Waals surface area (Å²) in [5.41, 5.74) is 0. The topological polar surface area (TPSA) is 114 Å². The van der Waals surface area contributed by atoms with Crippen molar-refractivity contribution in [2.75, 3.05) is 79.3 Å². The molecule has 0 atom stereocenters. The Bertz CT molecular complexity index is 775. The Morgan fingerprint density at radius 2 is 0.676 bits per heavy atom. The lowest BCUT2D eigenvalue weighted by molar-refractivity contribution is 0.0223.